The first-order valence-corrected chi connectivity index (χ1v) is 7.32. The number of aromatic nitrogens is 3. The lowest BCUT2D eigenvalue weighted by Gasteiger charge is -2.24. The molecule has 1 aliphatic rings. The molecule has 9 heteroatoms. The second-order valence-corrected chi connectivity index (χ2v) is 6.50. The summed E-state index contributed by atoms with van der Waals surface area (Å²) in [6.07, 6.45) is 0.932. The predicted octanol–water partition coefficient (Wildman–Crippen LogP) is 0.712. The summed E-state index contributed by atoms with van der Waals surface area (Å²) in [5.74, 6) is -1.17. The summed E-state index contributed by atoms with van der Waals surface area (Å²) in [7, 11) is 1.57. The van der Waals surface area contributed by atoms with Gasteiger partial charge < -0.3 is 19.5 Å². The Balaban J connectivity index is 2.08. The van der Waals surface area contributed by atoms with Crippen molar-refractivity contribution in [1.82, 2.24) is 19.9 Å². The molecule has 1 aliphatic heterocycles. The molecule has 0 bridgehead atoms. The summed E-state index contributed by atoms with van der Waals surface area (Å²) in [5, 5.41) is 16.6. The number of rotatable bonds is 4. The maximum absolute atomic E-state index is 12.2. The highest BCUT2D eigenvalue weighted by Gasteiger charge is 2.39. The highest BCUT2D eigenvalue weighted by atomic mass is 16.6. The number of hydrogen-bond donors (Lipinski definition) is 1. The van der Waals surface area contributed by atoms with Crippen LogP contribution < -0.4 is 0 Å². The van der Waals surface area contributed by atoms with E-state index < -0.39 is 17.7 Å². The van der Waals surface area contributed by atoms with Crippen LogP contribution in [0.1, 0.15) is 32.4 Å². The molecule has 2 atom stereocenters. The van der Waals surface area contributed by atoms with Crippen LogP contribution in [0.25, 0.3) is 0 Å². The fourth-order valence-corrected chi connectivity index (χ4v) is 2.47. The van der Waals surface area contributed by atoms with E-state index in [1.165, 1.54) is 4.68 Å². The molecule has 1 N–H and O–H groups in total. The second-order valence-electron chi connectivity index (χ2n) is 6.50. The summed E-state index contributed by atoms with van der Waals surface area (Å²) < 4.78 is 12.1. The zero-order chi connectivity index (χ0) is 17.2. The summed E-state index contributed by atoms with van der Waals surface area (Å²) in [6, 6.07) is 0. The Hall–Kier alpha value is -2.16. The van der Waals surface area contributed by atoms with Crippen LogP contribution in [-0.4, -0.2) is 69.0 Å². The molecule has 0 saturated carbocycles. The average molecular weight is 326 g/mol. The molecular formula is C14H22N4O5. The summed E-state index contributed by atoms with van der Waals surface area (Å²) in [4.78, 5) is 24.5. The van der Waals surface area contributed by atoms with E-state index in [0.717, 1.165) is 0 Å². The molecule has 1 aromatic rings. The van der Waals surface area contributed by atoms with Crippen LogP contribution in [0.2, 0.25) is 0 Å². The average Bonchev–Trinajstić information content (AvgIpc) is 3.01. The third kappa shape index (κ3) is 4.41. The molecule has 1 amide bonds. The van der Waals surface area contributed by atoms with Crippen LogP contribution in [0.15, 0.2) is 6.20 Å². The topological polar surface area (TPSA) is 107 Å². The Bertz CT molecular complexity index is 580. The molecule has 128 valence electrons. The second kappa shape index (κ2) is 6.53. The predicted molar refractivity (Wildman–Crippen MR) is 79.0 cm³/mol. The van der Waals surface area contributed by atoms with Crippen molar-refractivity contribution in [2.45, 2.75) is 44.9 Å². The first-order chi connectivity index (χ1) is 10.7. The van der Waals surface area contributed by atoms with Gasteiger partial charge in [-0.3, -0.25) is 4.79 Å². The number of aliphatic carboxylic acids is 1. The summed E-state index contributed by atoms with van der Waals surface area (Å²) in [5.41, 5.74) is 0.0340. The minimum atomic E-state index is -0.994. The molecule has 23 heavy (non-hydrogen) atoms. The van der Waals surface area contributed by atoms with Gasteiger partial charge in [0.25, 0.3) is 0 Å². The third-order valence-corrected chi connectivity index (χ3v) is 3.45. The zero-order valence-corrected chi connectivity index (χ0v) is 13.7. The number of carboxylic acid groups (broad SMARTS) is 1. The van der Waals surface area contributed by atoms with Crippen molar-refractivity contribution in [3.05, 3.63) is 11.9 Å². The van der Waals surface area contributed by atoms with E-state index in [9.17, 15) is 9.59 Å². The number of methoxy groups -OCH3 is 1. The molecule has 0 radical (unpaired) electrons. The van der Waals surface area contributed by atoms with Gasteiger partial charge in [-0.05, 0) is 20.8 Å². The van der Waals surface area contributed by atoms with Crippen LogP contribution in [0, 0.1) is 0 Å². The molecule has 1 aromatic heterocycles. The summed E-state index contributed by atoms with van der Waals surface area (Å²) in [6.45, 7) is 5.95. The zero-order valence-electron chi connectivity index (χ0n) is 13.7. The number of nitrogens with zero attached hydrogens (tertiary/aromatic N) is 4. The minimum Gasteiger partial charge on any atom is -0.480 e. The first-order valence-electron chi connectivity index (χ1n) is 7.32. The van der Waals surface area contributed by atoms with Crippen LogP contribution in [-0.2, 0) is 20.8 Å². The number of hydrogen-bond acceptors (Lipinski definition) is 6. The Morgan fingerprint density at radius 3 is 2.65 bits per heavy atom. The molecule has 0 aromatic carbocycles. The van der Waals surface area contributed by atoms with Crippen molar-refractivity contribution in [1.29, 1.82) is 0 Å². The van der Waals surface area contributed by atoms with Gasteiger partial charge in [-0.2, -0.15) is 0 Å². The SMILES string of the molecule is CO[C@@H]1CN(C(=O)OC(C)(C)C)C[C@H]1c1cn(CC(=O)O)nn1. The van der Waals surface area contributed by atoms with Gasteiger partial charge in [0.05, 0.1) is 24.3 Å². The van der Waals surface area contributed by atoms with Gasteiger partial charge in [-0.25, -0.2) is 9.48 Å². The van der Waals surface area contributed by atoms with Crippen molar-refractivity contribution in [3.63, 3.8) is 0 Å². The van der Waals surface area contributed by atoms with Crippen molar-refractivity contribution >= 4 is 12.1 Å². The van der Waals surface area contributed by atoms with Gasteiger partial charge in [-0.1, -0.05) is 5.21 Å². The molecule has 0 spiro atoms. The smallest absolute Gasteiger partial charge is 0.410 e. The van der Waals surface area contributed by atoms with Crippen molar-refractivity contribution in [2.24, 2.45) is 0 Å². The van der Waals surface area contributed by atoms with Gasteiger partial charge in [0.2, 0.25) is 0 Å². The maximum atomic E-state index is 12.2. The van der Waals surface area contributed by atoms with Gasteiger partial charge in [0, 0.05) is 19.9 Å². The van der Waals surface area contributed by atoms with Gasteiger partial charge in [-0.15, -0.1) is 5.10 Å². The lowest BCUT2D eigenvalue weighted by molar-refractivity contribution is -0.137. The van der Waals surface area contributed by atoms with Crippen molar-refractivity contribution in [3.8, 4) is 0 Å². The molecular weight excluding hydrogens is 304 g/mol. The standard InChI is InChI=1S/C14H22N4O5/c1-14(2,3)23-13(21)17-5-9(11(7-17)22-4)10-6-18(16-15-10)8-12(19)20/h6,9,11H,5,7-8H2,1-4H3,(H,19,20)/t9-,11+/m0/s1. The quantitative estimate of drug-likeness (QED) is 0.868. The van der Waals surface area contributed by atoms with E-state index in [2.05, 4.69) is 10.3 Å². The van der Waals surface area contributed by atoms with Crippen LogP contribution in [0.4, 0.5) is 4.79 Å². The minimum absolute atomic E-state index is 0.171. The maximum Gasteiger partial charge on any atom is 0.410 e. The van der Waals surface area contributed by atoms with Gasteiger partial charge in [0.15, 0.2) is 0 Å². The molecule has 1 saturated heterocycles. The van der Waals surface area contributed by atoms with Gasteiger partial charge >= 0.3 is 12.1 Å². The third-order valence-electron chi connectivity index (χ3n) is 3.45. The summed E-state index contributed by atoms with van der Waals surface area (Å²) >= 11 is 0. The van der Waals surface area contributed by atoms with Crippen molar-refractivity contribution in [2.75, 3.05) is 20.2 Å². The highest BCUT2D eigenvalue weighted by molar-refractivity contribution is 5.69. The largest absolute Gasteiger partial charge is 0.480 e. The van der Waals surface area contributed by atoms with Crippen molar-refractivity contribution < 1.29 is 24.2 Å². The van der Waals surface area contributed by atoms with Crippen LogP contribution in [0.3, 0.4) is 0 Å². The van der Waals surface area contributed by atoms with E-state index in [4.69, 9.17) is 14.6 Å². The lowest BCUT2D eigenvalue weighted by Crippen LogP contribution is -2.36. The number of carbonyl (C=O) groups is 2. The fraction of sp³-hybridized carbons (Fsp3) is 0.714. The Kier molecular flexibility index (Phi) is 4.88. The van der Waals surface area contributed by atoms with E-state index in [-0.39, 0.29) is 18.6 Å². The molecule has 0 unspecified atom stereocenters. The number of carbonyl (C=O) groups excluding carboxylic acids is 1. The highest BCUT2D eigenvalue weighted by Crippen LogP contribution is 2.29. The first kappa shape index (κ1) is 17.2. The van der Waals surface area contributed by atoms with E-state index in [1.807, 2.05) is 20.8 Å². The normalized spacial score (nSPS) is 21.5. The molecule has 9 nitrogen and oxygen atoms in total. The van der Waals surface area contributed by atoms with Crippen LogP contribution in [0.5, 0.6) is 0 Å². The number of amides is 1. The van der Waals surface area contributed by atoms with Gasteiger partial charge in [0.1, 0.15) is 12.1 Å². The fourth-order valence-electron chi connectivity index (χ4n) is 2.47. The molecule has 2 rings (SSSR count). The van der Waals surface area contributed by atoms with E-state index >= 15 is 0 Å². The molecule has 2 heterocycles. The van der Waals surface area contributed by atoms with E-state index in [0.29, 0.717) is 18.8 Å². The van der Waals surface area contributed by atoms with Crippen LogP contribution >= 0.6 is 0 Å². The Labute approximate surface area is 134 Å². The molecule has 1 fully saturated rings. The van der Waals surface area contributed by atoms with E-state index in [1.54, 1.807) is 18.2 Å². The number of ether oxygens (including phenoxy) is 2. The number of carboxylic acids is 1. The number of likely N-dealkylation sites (tertiary alicyclic amines) is 1. The Morgan fingerprint density at radius 2 is 2.09 bits per heavy atom. The molecule has 0 aliphatic carbocycles. The Morgan fingerprint density at radius 1 is 1.39 bits per heavy atom. The lowest BCUT2D eigenvalue weighted by atomic mass is 10.0. The monoisotopic (exact) mass is 326 g/mol.